The smallest absolute Gasteiger partial charge is 0.258 e. The summed E-state index contributed by atoms with van der Waals surface area (Å²) in [7, 11) is 1.84. The topological polar surface area (TPSA) is 106 Å². The third kappa shape index (κ3) is 4.60. The van der Waals surface area contributed by atoms with Gasteiger partial charge in [0.25, 0.3) is 5.91 Å². The van der Waals surface area contributed by atoms with Crippen LogP contribution in [0.5, 0.6) is 0 Å². The Hall–Kier alpha value is -3.46. The number of carbonyl (C=O) groups excluding carboxylic acids is 2. The van der Waals surface area contributed by atoms with Gasteiger partial charge in [-0.15, -0.1) is 0 Å². The Kier molecular flexibility index (Phi) is 6.42. The van der Waals surface area contributed by atoms with Gasteiger partial charge in [-0.2, -0.15) is 5.10 Å². The summed E-state index contributed by atoms with van der Waals surface area (Å²) in [5.41, 5.74) is 12.6. The Morgan fingerprint density at radius 2 is 2.00 bits per heavy atom. The highest BCUT2D eigenvalue weighted by Gasteiger charge is 2.31. The molecule has 35 heavy (non-hydrogen) atoms. The molecule has 2 fully saturated rings. The van der Waals surface area contributed by atoms with Crippen LogP contribution in [0.2, 0.25) is 0 Å². The van der Waals surface area contributed by atoms with E-state index in [1.807, 2.05) is 36.3 Å². The van der Waals surface area contributed by atoms with Crippen LogP contribution in [0.15, 0.2) is 41.2 Å². The molecule has 1 aromatic heterocycles. The number of rotatable bonds is 3. The van der Waals surface area contributed by atoms with Gasteiger partial charge in [0, 0.05) is 87.5 Å². The number of fused-ring (bicyclic) bond motifs is 1. The van der Waals surface area contributed by atoms with E-state index in [4.69, 9.17) is 15.5 Å². The average molecular weight is 477 g/mol. The molecule has 0 atom stereocenters. The first-order chi connectivity index (χ1) is 16.9. The predicted molar refractivity (Wildman–Crippen MR) is 134 cm³/mol. The van der Waals surface area contributed by atoms with Crippen molar-refractivity contribution in [1.82, 2.24) is 14.7 Å². The summed E-state index contributed by atoms with van der Waals surface area (Å²) < 4.78 is 7.19. The van der Waals surface area contributed by atoms with Crippen LogP contribution in [0, 0.1) is 0 Å². The molecule has 4 heterocycles. The summed E-state index contributed by atoms with van der Waals surface area (Å²) in [6.45, 7) is 4.65. The SMILES string of the molecule is CC(=O)N1CCC(=NC2CCOCC2)/C(=C(\N)c2cccc3c2CCN(c2cnn(C)c2)C3=O)C1. The summed E-state index contributed by atoms with van der Waals surface area (Å²) in [6.07, 6.45) is 6.71. The Labute approximate surface area is 205 Å². The minimum absolute atomic E-state index is 0.0257. The van der Waals surface area contributed by atoms with E-state index >= 15 is 0 Å². The molecule has 3 aliphatic heterocycles. The van der Waals surface area contributed by atoms with Crippen molar-refractivity contribution in [2.24, 2.45) is 17.8 Å². The van der Waals surface area contributed by atoms with Crippen LogP contribution in [0.25, 0.3) is 5.70 Å². The first-order valence-corrected chi connectivity index (χ1v) is 12.2. The van der Waals surface area contributed by atoms with E-state index in [-0.39, 0.29) is 17.9 Å². The first-order valence-electron chi connectivity index (χ1n) is 12.2. The fraction of sp³-hybridized carbons (Fsp3) is 0.462. The lowest BCUT2D eigenvalue weighted by atomic mass is 9.89. The molecule has 2 N–H and O–H groups in total. The van der Waals surface area contributed by atoms with Crippen LogP contribution in [0.4, 0.5) is 5.69 Å². The van der Waals surface area contributed by atoms with Crippen LogP contribution < -0.4 is 10.6 Å². The van der Waals surface area contributed by atoms with E-state index < -0.39 is 0 Å². The maximum absolute atomic E-state index is 13.4. The quantitative estimate of drug-likeness (QED) is 0.731. The molecule has 2 saturated heterocycles. The molecule has 9 nitrogen and oxygen atoms in total. The largest absolute Gasteiger partial charge is 0.398 e. The lowest BCUT2D eigenvalue weighted by Crippen LogP contribution is -2.41. The van der Waals surface area contributed by atoms with Gasteiger partial charge in [-0.1, -0.05) is 12.1 Å². The number of hydrogen-bond donors (Lipinski definition) is 1. The summed E-state index contributed by atoms with van der Waals surface area (Å²) in [4.78, 5) is 34.2. The number of aryl methyl sites for hydroxylation is 1. The standard InChI is InChI=1S/C26H32N6O3/c1-17(33)31-10-7-24(29-18-8-12-35-13-9-18)23(16-31)25(27)21-4-3-5-22-20(21)6-11-32(26(22)34)19-14-28-30(2)15-19/h3-5,14-15,18H,6-13,16,27H2,1-2H3/b25-23-,29-24?. The second-order valence-corrected chi connectivity index (χ2v) is 9.41. The molecule has 0 unspecified atom stereocenters. The van der Waals surface area contributed by atoms with Gasteiger partial charge in [-0.25, -0.2) is 0 Å². The number of ether oxygens (including phenoxy) is 1. The highest BCUT2D eigenvalue weighted by Crippen LogP contribution is 2.31. The number of piperidine rings is 1. The number of benzene rings is 1. The molecule has 0 saturated carbocycles. The van der Waals surface area contributed by atoms with Crippen LogP contribution in [0.3, 0.4) is 0 Å². The number of aromatic nitrogens is 2. The minimum Gasteiger partial charge on any atom is -0.398 e. The van der Waals surface area contributed by atoms with Crippen LogP contribution in [0.1, 0.15) is 47.7 Å². The molecule has 5 rings (SSSR count). The van der Waals surface area contributed by atoms with E-state index in [2.05, 4.69) is 5.10 Å². The molecule has 3 aliphatic rings. The molecule has 0 aliphatic carbocycles. The Balaban J connectivity index is 1.53. The summed E-state index contributed by atoms with van der Waals surface area (Å²) >= 11 is 0. The van der Waals surface area contributed by atoms with Gasteiger partial charge in [0.05, 0.1) is 17.9 Å². The zero-order valence-electron chi connectivity index (χ0n) is 20.4. The second kappa shape index (κ2) is 9.65. The fourth-order valence-corrected chi connectivity index (χ4v) is 5.18. The number of nitrogens with zero attached hydrogens (tertiary/aromatic N) is 5. The highest BCUT2D eigenvalue weighted by atomic mass is 16.5. The Morgan fingerprint density at radius 3 is 2.71 bits per heavy atom. The number of carbonyl (C=O) groups is 2. The van der Waals surface area contributed by atoms with Crippen molar-refractivity contribution in [2.75, 3.05) is 37.7 Å². The molecule has 2 amide bonds. The average Bonchev–Trinajstić information content (AvgIpc) is 3.30. The van der Waals surface area contributed by atoms with E-state index in [1.165, 1.54) is 0 Å². The van der Waals surface area contributed by atoms with Crippen molar-refractivity contribution in [2.45, 2.75) is 38.6 Å². The van der Waals surface area contributed by atoms with E-state index in [1.54, 1.807) is 22.7 Å². The molecule has 1 aromatic carbocycles. The van der Waals surface area contributed by atoms with Crippen molar-refractivity contribution in [3.63, 3.8) is 0 Å². The molecule has 0 bridgehead atoms. The molecule has 9 heteroatoms. The zero-order valence-corrected chi connectivity index (χ0v) is 20.4. The zero-order chi connectivity index (χ0) is 24.5. The van der Waals surface area contributed by atoms with Gasteiger partial charge in [0.2, 0.25) is 5.91 Å². The molecular weight excluding hydrogens is 444 g/mol. The molecule has 0 radical (unpaired) electrons. The summed E-state index contributed by atoms with van der Waals surface area (Å²) in [5.74, 6) is -0.0261. The van der Waals surface area contributed by atoms with Crippen molar-refractivity contribution in [3.8, 4) is 0 Å². The normalized spacial score (nSPS) is 21.9. The van der Waals surface area contributed by atoms with Gasteiger partial charge in [-0.05, 0) is 30.9 Å². The van der Waals surface area contributed by atoms with E-state index in [0.29, 0.717) is 43.7 Å². The second-order valence-electron chi connectivity index (χ2n) is 9.41. The maximum atomic E-state index is 13.4. The predicted octanol–water partition coefficient (Wildman–Crippen LogP) is 2.17. The highest BCUT2D eigenvalue weighted by molar-refractivity contribution is 6.11. The monoisotopic (exact) mass is 476 g/mol. The van der Waals surface area contributed by atoms with Crippen LogP contribution in [-0.2, 0) is 23.0 Å². The maximum Gasteiger partial charge on any atom is 0.258 e. The number of amides is 2. The van der Waals surface area contributed by atoms with Crippen molar-refractivity contribution < 1.29 is 14.3 Å². The summed E-state index contributed by atoms with van der Waals surface area (Å²) in [5, 5.41) is 4.21. The van der Waals surface area contributed by atoms with Crippen molar-refractivity contribution >= 4 is 28.9 Å². The minimum atomic E-state index is -0.0518. The first kappa shape index (κ1) is 23.3. The third-order valence-electron chi connectivity index (χ3n) is 7.15. The number of aliphatic imine (C=N–C) groups is 1. The van der Waals surface area contributed by atoms with Gasteiger partial charge < -0.3 is 20.3 Å². The lowest BCUT2D eigenvalue weighted by Gasteiger charge is -2.33. The molecule has 0 spiro atoms. The number of likely N-dealkylation sites (tertiary alicyclic amines) is 1. The van der Waals surface area contributed by atoms with Crippen LogP contribution >= 0.6 is 0 Å². The lowest BCUT2D eigenvalue weighted by molar-refractivity contribution is -0.128. The third-order valence-corrected chi connectivity index (χ3v) is 7.15. The Morgan fingerprint density at radius 1 is 1.20 bits per heavy atom. The van der Waals surface area contributed by atoms with Crippen molar-refractivity contribution in [1.29, 1.82) is 0 Å². The van der Waals surface area contributed by atoms with Gasteiger partial charge in [0.1, 0.15) is 0 Å². The number of anilines is 1. The van der Waals surface area contributed by atoms with Gasteiger partial charge >= 0.3 is 0 Å². The van der Waals surface area contributed by atoms with E-state index in [9.17, 15) is 9.59 Å². The molecular formula is C26H32N6O3. The fourth-order valence-electron chi connectivity index (χ4n) is 5.18. The van der Waals surface area contributed by atoms with Crippen LogP contribution in [-0.4, -0.2) is 71.1 Å². The molecule has 2 aromatic rings. The number of hydrogen-bond acceptors (Lipinski definition) is 6. The Bertz CT molecular complexity index is 1210. The van der Waals surface area contributed by atoms with Gasteiger partial charge in [0.15, 0.2) is 0 Å². The number of nitrogens with two attached hydrogens (primary N) is 1. The van der Waals surface area contributed by atoms with Gasteiger partial charge in [-0.3, -0.25) is 19.3 Å². The van der Waals surface area contributed by atoms with E-state index in [0.717, 1.165) is 54.2 Å². The van der Waals surface area contributed by atoms with Crippen molar-refractivity contribution in [3.05, 3.63) is 52.9 Å². The molecule has 184 valence electrons. The summed E-state index contributed by atoms with van der Waals surface area (Å²) in [6, 6.07) is 5.94.